The predicted octanol–water partition coefficient (Wildman–Crippen LogP) is 3.29. The van der Waals surface area contributed by atoms with E-state index in [1.54, 1.807) is 6.92 Å². The molecule has 3 heteroatoms. The third-order valence-corrected chi connectivity index (χ3v) is 5.50. The van der Waals surface area contributed by atoms with Gasteiger partial charge in [-0.1, -0.05) is 20.8 Å². The van der Waals surface area contributed by atoms with Crippen molar-refractivity contribution in [1.82, 2.24) is 0 Å². The topological polar surface area (TPSA) is 35.5 Å². The summed E-state index contributed by atoms with van der Waals surface area (Å²) in [5.41, 5.74) is 0.430. The van der Waals surface area contributed by atoms with Gasteiger partial charge in [-0.2, -0.15) is 0 Å². The molecule has 0 aromatic rings. The summed E-state index contributed by atoms with van der Waals surface area (Å²) in [7, 11) is 0. The van der Waals surface area contributed by atoms with E-state index in [-0.39, 0.29) is 22.7 Å². The molecule has 2 bridgehead atoms. The molecule has 0 heterocycles. The Morgan fingerprint density at radius 2 is 2.06 bits per heavy atom. The van der Waals surface area contributed by atoms with Crippen LogP contribution in [0.25, 0.3) is 0 Å². The van der Waals surface area contributed by atoms with E-state index in [1.165, 1.54) is 12.8 Å². The number of rotatable bonds is 4. The molecule has 2 aliphatic rings. The van der Waals surface area contributed by atoms with Crippen LogP contribution in [-0.4, -0.2) is 18.7 Å². The van der Waals surface area contributed by atoms with Gasteiger partial charge in [0, 0.05) is 5.41 Å². The van der Waals surface area contributed by atoms with Crippen molar-refractivity contribution in [2.75, 3.05) is 6.61 Å². The van der Waals surface area contributed by atoms with Crippen LogP contribution in [0.3, 0.4) is 0 Å². The monoisotopic (exact) mass is 252 g/mol. The zero-order valence-electron chi connectivity index (χ0n) is 11.9. The average Bonchev–Trinajstić information content (AvgIpc) is 2.62. The maximum Gasteiger partial charge on any atom is 0.372 e. The summed E-state index contributed by atoms with van der Waals surface area (Å²) >= 11 is 0. The molecule has 3 unspecified atom stereocenters. The highest BCUT2D eigenvalue weighted by molar-refractivity contribution is 5.85. The first-order valence-electron chi connectivity index (χ1n) is 6.85. The maximum atomic E-state index is 11.6. The lowest BCUT2D eigenvalue weighted by Crippen LogP contribution is -2.37. The fourth-order valence-electron chi connectivity index (χ4n) is 3.74. The molecule has 2 saturated carbocycles. The third kappa shape index (κ3) is 1.75. The Morgan fingerprint density at radius 1 is 1.39 bits per heavy atom. The molecule has 0 saturated heterocycles. The van der Waals surface area contributed by atoms with Crippen LogP contribution in [0.2, 0.25) is 0 Å². The molecule has 0 aromatic heterocycles. The molecule has 2 aliphatic carbocycles. The van der Waals surface area contributed by atoms with Crippen molar-refractivity contribution < 1.29 is 14.3 Å². The van der Waals surface area contributed by atoms with Crippen molar-refractivity contribution in [2.45, 2.75) is 53.1 Å². The van der Waals surface area contributed by atoms with Crippen LogP contribution in [0.1, 0.15) is 47.0 Å². The van der Waals surface area contributed by atoms with Gasteiger partial charge >= 0.3 is 5.97 Å². The van der Waals surface area contributed by atoms with E-state index in [4.69, 9.17) is 9.47 Å². The average molecular weight is 252 g/mol. The molecular weight excluding hydrogens is 228 g/mol. The molecule has 0 aliphatic heterocycles. The quantitative estimate of drug-likeness (QED) is 0.437. The normalized spacial score (nSPS) is 36.4. The van der Waals surface area contributed by atoms with Gasteiger partial charge in [-0.3, -0.25) is 0 Å². The second kappa shape index (κ2) is 4.29. The Hall–Kier alpha value is -0.990. The van der Waals surface area contributed by atoms with Gasteiger partial charge < -0.3 is 9.47 Å². The number of carbonyl (C=O) groups is 1. The fourth-order valence-corrected chi connectivity index (χ4v) is 3.74. The molecule has 0 aromatic carbocycles. The largest absolute Gasteiger partial charge is 0.483 e. The smallest absolute Gasteiger partial charge is 0.372 e. The molecule has 0 N–H and O–H groups in total. The van der Waals surface area contributed by atoms with Crippen molar-refractivity contribution in [2.24, 2.45) is 16.7 Å². The molecule has 0 spiro atoms. The van der Waals surface area contributed by atoms with E-state index in [1.807, 2.05) is 0 Å². The minimum Gasteiger partial charge on any atom is -0.483 e. The van der Waals surface area contributed by atoms with E-state index >= 15 is 0 Å². The predicted molar refractivity (Wildman–Crippen MR) is 69.9 cm³/mol. The number of hydrogen-bond donors (Lipinski definition) is 0. The number of ether oxygens (including phenoxy) is 2. The molecule has 0 radical (unpaired) electrons. The summed E-state index contributed by atoms with van der Waals surface area (Å²) < 4.78 is 10.7. The third-order valence-electron chi connectivity index (χ3n) is 5.50. The lowest BCUT2D eigenvalue weighted by molar-refractivity contribution is -0.145. The molecule has 3 atom stereocenters. The zero-order valence-corrected chi connectivity index (χ0v) is 11.9. The number of carbonyl (C=O) groups excluding carboxylic acids is 1. The highest BCUT2D eigenvalue weighted by Crippen LogP contribution is 2.66. The molecule has 3 nitrogen and oxygen atoms in total. The molecule has 0 amide bonds. The van der Waals surface area contributed by atoms with Gasteiger partial charge in [-0.05, 0) is 44.1 Å². The summed E-state index contributed by atoms with van der Waals surface area (Å²) in [5.74, 6) is 0.426. The van der Waals surface area contributed by atoms with Gasteiger partial charge in [-0.15, -0.1) is 0 Å². The minimum absolute atomic E-state index is 0.100. The van der Waals surface area contributed by atoms with Crippen LogP contribution >= 0.6 is 0 Å². The van der Waals surface area contributed by atoms with Crippen molar-refractivity contribution in [3.05, 3.63) is 12.3 Å². The summed E-state index contributed by atoms with van der Waals surface area (Å²) in [5, 5.41) is 0. The summed E-state index contributed by atoms with van der Waals surface area (Å²) in [6.45, 7) is 12.8. The second-order valence-corrected chi connectivity index (χ2v) is 6.36. The van der Waals surface area contributed by atoms with Crippen molar-refractivity contribution in [3.63, 3.8) is 0 Å². The van der Waals surface area contributed by atoms with Crippen LogP contribution in [-0.2, 0) is 14.3 Å². The summed E-state index contributed by atoms with van der Waals surface area (Å²) in [6.07, 6.45) is 3.57. The van der Waals surface area contributed by atoms with Crippen LogP contribution < -0.4 is 0 Å². The van der Waals surface area contributed by atoms with Gasteiger partial charge in [0.25, 0.3) is 0 Å². The molecular formula is C15H24O3. The Morgan fingerprint density at radius 3 is 2.50 bits per heavy atom. The van der Waals surface area contributed by atoms with Gasteiger partial charge in [0.15, 0.2) is 5.76 Å². The highest BCUT2D eigenvalue weighted by Gasteiger charge is 2.62. The first-order chi connectivity index (χ1) is 8.33. The Labute approximate surface area is 110 Å². The van der Waals surface area contributed by atoms with Crippen LogP contribution in [0.4, 0.5) is 0 Å². The van der Waals surface area contributed by atoms with Gasteiger partial charge in [0.05, 0.1) is 6.61 Å². The Kier molecular flexibility index (Phi) is 3.20. The molecule has 2 fully saturated rings. The molecule has 102 valence electrons. The van der Waals surface area contributed by atoms with Crippen molar-refractivity contribution >= 4 is 5.97 Å². The van der Waals surface area contributed by atoms with E-state index in [0.29, 0.717) is 12.5 Å². The van der Waals surface area contributed by atoms with Crippen molar-refractivity contribution in [1.29, 1.82) is 0 Å². The first kappa shape index (κ1) is 13.4. The van der Waals surface area contributed by atoms with Crippen molar-refractivity contribution in [3.8, 4) is 0 Å². The first-order valence-corrected chi connectivity index (χ1v) is 6.85. The van der Waals surface area contributed by atoms with Gasteiger partial charge in [-0.25, -0.2) is 4.79 Å². The van der Waals surface area contributed by atoms with Gasteiger partial charge in [0.1, 0.15) is 6.10 Å². The SMILES string of the molecule is C=C(OC1CC2CCC1(C)C2(C)C)C(=O)OCC. The summed E-state index contributed by atoms with van der Waals surface area (Å²) in [6, 6.07) is 0. The molecule has 18 heavy (non-hydrogen) atoms. The number of esters is 1. The Balaban J connectivity index is 2.05. The zero-order chi connectivity index (χ0) is 13.6. The van der Waals surface area contributed by atoms with Gasteiger partial charge in [0.2, 0.25) is 0 Å². The van der Waals surface area contributed by atoms with E-state index in [0.717, 1.165) is 6.42 Å². The minimum atomic E-state index is -0.429. The number of fused-ring (bicyclic) bond motifs is 2. The lowest BCUT2D eigenvalue weighted by Gasteiger charge is -2.38. The maximum absolute atomic E-state index is 11.6. The van der Waals surface area contributed by atoms with Crippen LogP contribution in [0.15, 0.2) is 12.3 Å². The standard InChI is InChI=1S/C15H24O3/c1-6-17-13(16)10(2)18-12-9-11-7-8-15(12,5)14(11,3)4/h11-12H,2,6-9H2,1,3-5H3. The fraction of sp³-hybridized carbons (Fsp3) is 0.800. The van der Waals surface area contributed by atoms with E-state index in [9.17, 15) is 4.79 Å². The van der Waals surface area contributed by atoms with E-state index < -0.39 is 5.97 Å². The van der Waals surface area contributed by atoms with Crippen LogP contribution in [0.5, 0.6) is 0 Å². The van der Waals surface area contributed by atoms with E-state index in [2.05, 4.69) is 27.4 Å². The number of hydrogen-bond acceptors (Lipinski definition) is 3. The highest BCUT2D eigenvalue weighted by atomic mass is 16.6. The lowest BCUT2D eigenvalue weighted by atomic mass is 9.70. The second-order valence-electron chi connectivity index (χ2n) is 6.36. The van der Waals surface area contributed by atoms with Crippen LogP contribution in [0, 0.1) is 16.7 Å². The Bertz CT molecular complexity index is 372. The summed E-state index contributed by atoms with van der Waals surface area (Å²) in [4.78, 5) is 11.6. The molecule has 2 rings (SSSR count).